The number of hydrogen-bond acceptors (Lipinski definition) is 3. The van der Waals surface area contributed by atoms with Crippen molar-refractivity contribution in [3.8, 4) is 0 Å². The lowest BCUT2D eigenvalue weighted by molar-refractivity contribution is 0.178. The van der Waals surface area contributed by atoms with Gasteiger partial charge in [0.25, 0.3) is 0 Å². The standard InChI is InChI=1S/C22H24N4O2/c1-15(2)26-20-11-7-6-10-19(20)25(22(26)28)14-21-23-17-8-4-5-9-18(17)24(21)13-12-16(3)27/h4-11,16,27H,1,12-14H2,2-3H3. The minimum Gasteiger partial charge on any atom is -0.393 e. The van der Waals surface area contributed by atoms with Crippen molar-refractivity contribution in [2.24, 2.45) is 0 Å². The number of allylic oxidation sites excluding steroid dienone is 1. The number of hydrogen-bond donors (Lipinski definition) is 1. The van der Waals surface area contributed by atoms with Crippen molar-refractivity contribution in [3.05, 3.63) is 71.4 Å². The van der Waals surface area contributed by atoms with E-state index >= 15 is 0 Å². The predicted molar refractivity (Wildman–Crippen MR) is 112 cm³/mol. The molecule has 1 N–H and O–H groups in total. The molecule has 2 aromatic heterocycles. The Hall–Kier alpha value is -3.12. The molecule has 0 bridgehead atoms. The van der Waals surface area contributed by atoms with E-state index in [-0.39, 0.29) is 5.69 Å². The van der Waals surface area contributed by atoms with Gasteiger partial charge >= 0.3 is 5.69 Å². The molecule has 2 heterocycles. The Bertz CT molecular complexity index is 1230. The first-order valence-electron chi connectivity index (χ1n) is 9.45. The van der Waals surface area contributed by atoms with Crippen molar-refractivity contribution < 1.29 is 5.11 Å². The van der Waals surface area contributed by atoms with Gasteiger partial charge in [-0.1, -0.05) is 30.8 Å². The molecule has 4 rings (SSSR count). The smallest absolute Gasteiger partial charge is 0.333 e. The van der Waals surface area contributed by atoms with E-state index < -0.39 is 6.10 Å². The zero-order chi connectivity index (χ0) is 19.8. The van der Waals surface area contributed by atoms with Gasteiger partial charge in [0.2, 0.25) is 0 Å². The van der Waals surface area contributed by atoms with E-state index in [4.69, 9.17) is 4.98 Å². The van der Waals surface area contributed by atoms with Crippen LogP contribution in [0.4, 0.5) is 0 Å². The van der Waals surface area contributed by atoms with Crippen molar-refractivity contribution in [2.45, 2.75) is 39.5 Å². The Balaban J connectivity index is 1.87. The maximum Gasteiger partial charge on any atom is 0.333 e. The van der Waals surface area contributed by atoms with Crippen LogP contribution in [0.3, 0.4) is 0 Å². The fourth-order valence-corrected chi connectivity index (χ4v) is 3.68. The maximum atomic E-state index is 13.1. The summed E-state index contributed by atoms with van der Waals surface area (Å²) < 4.78 is 5.48. The Morgan fingerprint density at radius 2 is 1.71 bits per heavy atom. The fraction of sp³-hybridized carbons (Fsp3) is 0.273. The maximum absolute atomic E-state index is 13.1. The second kappa shape index (κ2) is 7.13. The largest absolute Gasteiger partial charge is 0.393 e. The number of para-hydroxylation sites is 4. The molecule has 0 radical (unpaired) electrons. The molecule has 2 aromatic carbocycles. The van der Waals surface area contributed by atoms with Gasteiger partial charge < -0.3 is 9.67 Å². The summed E-state index contributed by atoms with van der Waals surface area (Å²) in [5.41, 5.74) is 4.15. The van der Waals surface area contributed by atoms with Crippen LogP contribution in [0.2, 0.25) is 0 Å². The highest BCUT2D eigenvalue weighted by molar-refractivity contribution is 5.80. The summed E-state index contributed by atoms with van der Waals surface area (Å²) in [6, 6.07) is 15.6. The molecule has 0 spiro atoms. The molecule has 1 unspecified atom stereocenters. The zero-order valence-corrected chi connectivity index (χ0v) is 16.2. The van der Waals surface area contributed by atoms with Crippen LogP contribution in [0.5, 0.6) is 0 Å². The van der Waals surface area contributed by atoms with E-state index in [1.54, 1.807) is 16.1 Å². The van der Waals surface area contributed by atoms with E-state index in [0.717, 1.165) is 27.9 Å². The molecule has 1 atom stereocenters. The SMILES string of the molecule is C=C(C)n1c(=O)n(Cc2nc3ccccc3n2CCC(C)O)c2ccccc21. The number of aromatic nitrogens is 4. The highest BCUT2D eigenvalue weighted by Crippen LogP contribution is 2.20. The van der Waals surface area contributed by atoms with E-state index in [1.807, 2.05) is 55.5 Å². The molecule has 0 aliphatic rings. The zero-order valence-electron chi connectivity index (χ0n) is 16.2. The van der Waals surface area contributed by atoms with E-state index in [9.17, 15) is 9.90 Å². The lowest BCUT2D eigenvalue weighted by Crippen LogP contribution is -2.25. The van der Waals surface area contributed by atoms with E-state index in [0.29, 0.717) is 25.2 Å². The lowest BCUT2D eigenvalue weighted by atomic mass is 10.2. The van der Waals surface area contributed by atoms with Gasteiger partial charge in [0.05, 0.1) is 34.7 Å². The summed E-state index contributed by atoms with van der Waals surface area (Å²) in [6.07, 6.45) is 0.220. The Labute approximate surface area is 163 Å². The number of imidazole rings is 2. The summed E-state index contributed by atoms with van der Waals surface area (Å²) in [4.78, 5) is 17.9. The number of aliphatic hydroxyl groups is 1. The van der Waals surface area contributed by atoms with E-state index in [2.05, 4.69) is 11.1 Å². The van der Waals surface area contributed by atoms with Crippen LogP contribution in [-0.4, -0.2) is 29.9 Å². The van der Waals surface area contributed by atoms with Crippen molar-refractivity contribution in [2.75, 3.05) is 0 Å². The Kier molecular flexibility index (Phi) is 4.65. The van der Waals surface area contributed by atoms with Gasteiger partial charge in [0.15, 0.2) is 0 Å². The van der Waals surface area contributed by atoms with Gasteiger partial charge in [0.1, 0.15) is 5.82 Å². The third-order valence-electron chi connectivity index (χ3n) is 5.02. The second-order valence-electron chi connectivity index (χ2n) is 7.23. The third kappa shape index (κ3) is 3.05. The van der Waals surface area contributed by atoms with Gasteiger partial charge in [-0.2, -0.15) is 0 Å². The van der Waals surface area contributed by atoms with Gasteiger partial charge in [-0.25, -0.2) is 9.78 Å². The number of aryl methyl sites for hydroxylation is 1. The van der Waals surface area contributed by atoms with Crippen molar-refractivity contribution >= 4 is 27.8 Å². The van der Waals surface area contributed by atoms with Crippen LogP contribution in [-0.2, 0) is 13.1 Å². The predicted octanol–water partition coefficient (Wildman–Crippen LogP) is 3.46. The highest BCUT2D eigenvalue weighted by atomic mass is 16.3. The lowest BCUT2D eigenvalue weighted by Gasteiger charge is -2.11. The fourth-order valence-electron chi connectivity index (χ4n) is 3.68. The van der Waals surface area contributed by atoms with Crippen LogP contribution >= 0.6 is 0 Å². The Morgan fingerprint density at radius 1 is 1.07 bits per heavy atom. The second-order valence-corrected chi connectivity index (χ2v) is 7.23. The molecule has 28 heavy (non-hydrogen) atoms. The average molecular weight is 376 g/mol. The summed E-state index contributed by atoms with van der Waals surface area (Å²) in [6.45, 7) is 8.57. The normalized spacial score (nSPS) is 12.7. The molecule has 0 fully saturated rings. The topological polar surface area (TPSA) is 65.0 Å². The van der Waals surface area contributed by atoms with Crippen LogP contribution < -0.4 is 5.69 Å². The van der Waals surface area contributed by atoms with Gasteiger partial charge in [-0.15, -0.1) is 0 Å². The molecule has 0 aliphatic carbocycles. The van der Waals surface area contributed by atoms with E-state index in [1.165, 1.54) is 0 Å². The molecule has 6 heteroatoms. The minimum atomic E-state index is -0.401. The highest BCUT2D eigenvalue weighted by Gasteiger charge is 2.17. The Morgan fingerprint density at radius 3 is 2.39 bits per heavy atom. The first-order chi connectivity index (χ1) is 13.5. The molecule has 4 aromatic rings. The number of aliphatic hydroxyl groups excluding tert-OH is 1. The van der Waals surface area contributed by atoms with Crippen LogP contribution in [0, 0.1) is 0 Å². The van der Waals surface area contributed by atoms with Crippen molar-refractivity contribution in [1.29, 1.82) is 0 Å². The van der Waals surface area contributed by atoms with Gasteiger partial charge in [0, 0.05) is 12.2 Å². The van der Waals surface area contributed by atoms with Gasteiger partial charge in [-0.3, -0.25) is 9.13 Å². The first-order valence-corrected chi connectivity index (χ1v) is 9.45. The van der Waals surface area contributed by atoms with Crippen LogP contribution in [0.15, 0.2) is 59.9 Å². The molecule has 0 amide bonds. The summed E-state index contributed by atoms with van der Waals surface area (Å²) in [5, 5.41) is 9.75. The van der Waals surface area contributed by atoms with Crippen molar-refractivity contribution in [3.63, 3.8) is 0 Å². The molecule has 6 nitrogen and oxygen atoms in total. The van der Waals surface area contributed by atoms with Crippen LogP contribution in [0.25, 0.3) is 27.8 Å². The quantitative estimate of drug-likeness (QED) is 0.560. The molecule has 144 valence electrons. The third-order valence-corrected chi connectivity index (χ3v) is 5.02. The summed E-state index contributed by atoms with van der Waals surface area (Å²) in [5.74, 6) is 0.800. The van der Waals surface area contributed by atoms with Crippen molar-refractivity contribution in [1.82, 2.24) is 18.7 Å². The molecular weight excluding hydrogens is 352 g/mol. The summed E-state index contributed by atoms with van der Waals surface area (Å²) >= 11 is 0. The number of rotatable bonds is 6. The first kappa shape index (κ1) is 18.3. The minimum absolute atomic E-state index is 0.122. The molecule has 0 saturated heterocycles. The monoisotopic (exact) mass is 376 g/mol. The number of fused-ring (bicyclic) bond motifs is 2. The van der Waals surface area contributed by atoms with Crippen LogP contribution in [0.1, 0.15) is 26.1 Å². The molecule has 0 aliphatic heterocycles. The molecular formula is C22H24N4O2. The average Bonchev–Trinajstić information content (AvgIpc) is 3.15. The molecule has 0 saturated carbocycles. The summed E-state index contributed by atoms with van der Waals surface area (Å²) in [7, 11) is 0. The number of benzene rings is 2. The number of nitrogens with zero attached hydrogens (tertiary/aromatic N) is 4. The van der Waals surface area contributed by atoms with Gasteiger partial charge in [-0.05, 0) is 44.5 Å².